The van der Waals surface area contributed by atoms with Crippen molar-refractivity contribution in [1.82, 2.24) is 5.32 Å². The zero-order valence-electron chi connectivity index (χ0n) is 9.81. The molecule has 1 aliphatic heterocycles. The summed E-state index contributed by atoms with van der Waals surface area (Å²) in [4.78, 5) is 10.8. The van der Waals surface area contributed by atoms with Crippen LogP contribution < -0.4 is 5.32 Å². The first-order valence-electron chi connectivity index (χ1n) is 5.70. The van der Waals surface area contributed by atoms with E-state index in [2.05, 4.69) is 5.32 Å². The molecule has 0 bridgehead atoms. The minimum Gasteiger partial charge on any atom is -0.381 e. The van der Waals surface area contributed by atoms with Gasteiger partial charge in [-0.3, -0.25) is 10.1 Å². The van der Waals surface area contributed by atoms with Crippen LogP contribution in [0, 0.1) is 10.1 Å². The number of para-hydroxylation sites is 1. The van der Waals surface area contributed by atoms with E-state index in [9.17, 15) is 10.1 Å². The van der Waals surface area contributed by atoms with Crippen molar-refractivity contribution >= 4 is 5.69 Å². The molecule has 1 aliphatic rings. The van der Waals surface area contributed by atoms with Crippen molar-refractivity contribution in [2.75, 3.05) is 20.3 Å². The Kier molecular flexibility index (Phi) is 3.40. The molecule has 0 aromatic heterocycles. The van der Waals surface area contributed by atoms with Gasteiger partial charge in [0.05, 0.1) is 10.5 Å². The summed E-state index contributed by atoms with van der Waals surface area (Å²) >= 11 is 0. The number of nitro benzene ring substituents is 1. The number of nitrogens with zero attached hydrogens (tertiary/aromatic N) is 1. The van der Waals surface area contributed by atoms with Gasteiger partial charge in [-0.2, -0.15) is 0 Å². The quantitative estimate of drug-likeness (QED) is 0.642. The second kappa shape index (κ2) is 4.81. The van der Waals surface area contributed by atoms with Gasteiger partial charge in [0.1, 0.15) is 0 Å². The van der Waals surface area contributed by atoms with Gasteiger partial charge in [-0.05, 0) is 19.9 Å². The lowest BCUT2D eigenvalue weighted by atomic mass is 9.82. The van der Waals surface area contributed by atoms with E-state index < -0.39 is 0 Å². The van der Waals surface area contributed by atoms with Crippen LogP contribution in [0.3, 0.4) is 0 Å². The average molecular weight is 236 g/mol. The van der Waals surface area contributed by atoms with Gasteiger partial charge in [-0.15, -0.1) is 0 Å². The molecule has 5 nitrogen and oxygen atoms in total. The van der Waals surface area contributed by atoms with Gasteiger partial charge in [-0.1, -0.05) is 18.2 Å². The first-order valence-corrected chi connectivity index (χ1v) is 5.70. The van der Waals surface area contributed by atoms with Crippen LogP contribution in [0.4, 0.5) is 5.69 Å². The molecule has 1 aromatic rings. The zero-order valence-corrected chi connectivity index (χ0v) is 9.81. The molecule has 0 atom stereocenters. The highest BCUT2D eigenvalue weighted by molar-refractivity contribution is 5.45. The standard InChI is InChI=1S/C12H16N2O3/c1-13-12(6-8-17-9-7-12)10-4-2-3-5-11(10)14(15)16/h2-5,13H,6-9H2,1H3. The number of benzene rings is 1. The lowest BCUT2D eigenvalue weighted by Gasteiger charge is -2.37. The fourth-order valence-electron chi connectivity index (χ4n) is 2.41. The Labute approximate surface area is 99.9 Å². The Balaban J connectivity index is 2.46. The van der Waals surface area contributed by atoms with Gasteiger partial charge < -0.3 is 10.1 Å². The molecule has 92 valence electrons. The molecule has 0 unspecified atom stereocenters. The van der Waals surface area contributed by atoms with Gasteiger partial charge in [0, 0.05) is 24.8 Å². The Morgan fingerprint density at radius 1 is 1.35 bits per heavy atom. The Morgan fingerprint density at radius 3 is 2.59 bits per heavy atom. The molecule has 0 radical (unpaired) electrons. The SMILES string of the molecule is CNC1(c2ccccc2[N+](=O)[O-])CCOCC1. The molecule has 1 fully saturated rings. The van der Waals surface area contributed by atoms with Crippen LogP contribution in [-0.2, 0) is 10.3 Å². The van der Waals surface area contributed by atoms with E-state index in [0.717, 1.165) is 18.4 Å². The van der Waals surface area contributed by atoms with E-state index >= 15 is 0 Å². The van der Waals surface area contributed by atoms with E-state index in [-0.39, 0.29) is 16.1 Å². The van der Waals surface area contributed by atoms with Crippen LogP contribution in [0.1, 0.15) is 18.4 Å². The van der Waals surface area contributed by atoms with Crippen LogP contribution >= 0.6 is 0 Å². The highest BCUT2D eigenvalue weighted by atomic mass is 16.6. The molecule has 17 heavy (non-hydrogen) atoms. The molecule has 0 aliphatic carbocycles. The summed E-state index contributed by atoms with van der Waals surface area (Å²) in [6.07, 6.45) is 1.52. The predicted octanol–water partition coefficient (Wildman–Crippen LogP) is 1.82. The second-order valence-corrected chi connectivity index (χ2v) is 4.22. The molecule has 1 aromatic carbocycles. The van der Waals surface area contributed by atoms with Gasteiger partial charge in [0.2, 0.25) is 0 Å². The van der Waals surface area contributed by atoms with Gasteiger partial charge >= 0.3 is 0 Å². The Morgan fingerprint density at radius 2 is 2.00 bits per heavy atom. The van der Waals surface area contributed by atoms with E-state index in [1.165, 1.54) is 0 Å². The van der Waals surface area contributed by atoms with Crippen molar-refractivity contribution < 1.29 is 9.66 Å². The molecule has 1 saturated heterocycles. The van der Waals surface area contributed by atoms with Crippen molar-refractivity contribution in [2.24, 2.45) is 0 Å². The highest BCUT2D eigenvalue weighted by Crippen LogP contribution is 2.36. The number of nitrogens with one attached hydrogen (secondary N) is 1. The predicted molar refractivity (Wildman–Crippen MR) is 63.9 cm³/mol. The summed E-state index contributed by atoms with van der Waals surface area (Å²) in [5.41, 5.74) is 0.613. The molecular formula is C12H16N2O3. The topological polar surface area (TPSA) is 64.4 Å². The van der Waals surface area contributed by atoms with Gasteiger partial charge in [-0.25, -0.2) is 0 Å². The van der Waals surface area contributed by atoms with Gasteiger partial charge in [0.15, 0.2) is 0 Å². The molecular weight excluding hydrogens is 220 g/mol. The fraction of sp³-hybridized carbons (Fsp3) is 0.500. The molecule has 1 heterocycles. The normalized spacial score (nSPS) is 18.9. The summed E-state index contributed by atoms with van der Waals surface area (Å²) in [5, 5.41) is 14.3. The summed E-state index contributed by atoms with van der Waals surface area (Å²) in [6.45, 7) is 1.26. The van der Waals surface area contributed by atoms with E-state index in [1.807, 2.05) is 19.2 Å². The van der Waals surface area contributed by atoms with Crippen molar-refractivity contribution in [2.45, 2.75) is 18.4 Å². The third-order valence-electron chi connectivity index (χ3n) is 3.44. The van der Waals surface area contributed by atoms with E-state index in [1.54, 1.807) is 12.1 Å². The first kappa shape index (κ1) is 12.0. The van der Waals surface area contributed by atoms with Crippen LogP contribution in [0.2, 0.25) is 0 Å². The molecule has 1 N–H and O–H groups in total. The maximum absolute atomic E-state index is 11.1. The lowest BCUT2D eigenvalue weighted by molar-refractivity contribution is -0.386. The average Bonchev–Trinajstić information content (AvgIpc) is 2.39. The van der Waals surface area contributed by atoms with Crippen molar-refractivity contribution in [3.63, 3.8) is 0 Å². The third-order valence-corrected chi connectivity index (χ3v) is 3.44. The van der Waals surface area contributed by atoms with Crippen molar-refractivity contribution in [3.8, 4) is 0 Å². The smallest absolute Gasteiger partial charge is 0.274 e. The molecule has 2 rings (SSSR count). The van der Waals surface area contributed by atoms with Crippen LogP contribution in [-0.4, -0.2) is 25.2 Å². The molecule has 0 amide bonds. The monoisotopic (exact) mass is 236 g/mol. The third kappa shape index (κ3) is 2.16. The number of ether oxygens (including phenoxy) is 1. The van der Waals surface area contributed by atoms with E-state index in [0.29, 0.717) is 13.2 Å². The first-order chi connectivity index (χ1) is 8.19. The Hall–Kier alpha value is -1.46. The number of hydrogen-bond acceptors (Lipinski definition) is 4. The number of rotatable bonds is 3. The maximum Gasteiger partial charge on any atom is 0.274 e. The second-order valence-electron chi connectivity index (χ2n) is 4.22. The minimum absolute atomic E-state index is 0.184. The lowest BCUT2D eigenvalue weighted by Crippen LogP contribution is -2.45. The summed E-state index contributed by atoms with van der Waals surface area (Å²) in [6, 6.07) is 6.94. The maximum atomic E-state index is 11.1. The molecule has 0 spiro atoms. The molecule has 5 heteroatoms. The summed E-state index contributed by atoms with van der Waals surface area (Å²) < 4.78 is 5.34. The Bertz CT molecular complexity index is 414. The fourth-order valence-corrected chi connectivity index (χ4v) is 2.41. The van der Waals surface area contributed by atoms with Crippen molar-refractivity contribution in [3.05, 3.63) is 39.9 Å². The minimum atomic E-state index is -0.331. The van der Waals surface area contributed by atoms with Crippen LogP contribution in [0.5, 0.6) is 0 Å². The highest BCUT2D eigenvalue weighted by Gasteiger charge is 2.37. The number of nitro groups is 1. The van der Waals surface area contributed by atoms with E-state index in [4.69, 9.17) is 4.74 Å². The van der Waals surface area contributed by atoms with Crippen LogP contribution in [0.15, 0.2) is 24.3 Å². The summed E-state index contributed by atoms with van der Waals surface area (Å²) in [7, 11) is 1.85. The van der Waals surface area contributed by atoms with Gasteiger partial charge in [0.25, 0.3) is 5.69 Å². The largest absolute Gasteiger partial charge is 0.381 e. The van der Waals surface area contributed by atoms with Crippen molar-refractivity contribution in [1.29, 1.82) is 0 Å². The summed E-state index contributed by atoms with van der Waals surface area (Å²) in [5.74, 6) is 0. The zero-order chi connectivity index (χ0) is 12.3. The van der Waals surface area contributed by atoms with Crippen LogP contribution in [0.25, 0.3) is 0 Å². The number of hydrogen-bond donors (Lipinski definition) is 1. The molecule has 0 saturated carbocycles.